The lowest BCUT2D eigenvalue weighted by Gasteiger charge is -2.26. The number of benzene rings is 3. The van der Waals surface area contributed by atoms with Crippen LogP contribution in [0.5, 0.6) is 0 Å². The van der Waals surface area contributed by atoms with Gasteiger partial charge in [0.15, 0.2) is 0 Å². The quantitative estimate of drug-likeness (QED) is 0.387. The van der Waals surface area contributed by atoms with Gasteiger partial charge in [-0.3, -0.25) is 14.7 Å². The molecule has 0 atom stereocenters. The molecule has 0 spiro atoms. The Bertz CT molecular complexity index is 1430. The normalized spacial score (nSPS) is 14.9. The van der Waals surface area contributed by atoms with Gasteiger partial charge in [-0.2, -0.15) is 10.2 Å². The Balaban J connectivity index is 1.39. The minimum Gasteiger partial charge on any atom is -0.379 e. The number of halogens is 1. The number of morpholine rings is 1. The standard InChI is InChI=1S/C27H26FN5O/c28-22-5-2-19(3-6-22)27-23(20-4-8-25-21(16-20)17-29-31-25)7-9-26-24(27)18-30-33(26)11-1-10-32-12-14-34-15-13-32/h2-9,16-18H,1,10-15H2,(H,29,31). The molecular weight excluding hydrogens is 429 g/mol. The first-order chi connectivity index (χ1) is 16.8. The van der Waals surface area contributed by atoms with Crippen molar-refractivity contribution >= 4 is 21.8 Å². The van der Waals surface area contributed by atoms with Crippen LogP contribution in [0, 0.1) is 5.82 Å². The Morgan fingerprint density at radius 3 is 2.59 bits per heavy atom. The molecule has 1 aliphatic rings. The largest absolute Gasteiger partial charge is 0.379 e. The zero-order valence-electron chi connectivity index (χ0n) is 18.9. The Morgan fingerprint density at radius 2 is 1.74 bits per heavy atom. The van der Waals surface area contributed by atoms with Crippen LogP contribution in [-0.4, -0.2) is 57.7 Å². The second kappa shape index (κ2) is 9.00. The van der Waals surface area contributed by atoms with Gasteiger partial charge in [-0.05, 0) is 53.4 Å². The minimum absolute atomic E-state index is 0.240. The number of nitrogens with zero attached hydrogens (tertiary/aromatic N) is 4. The van der Waals surface area contributed by atoms with E-state index in [0.717, 1.165) is 89.9 Å². The number of ether oxygens (including phenoxy) is 1. The minimum atomic E-state index is -0.240. The Morgan fingerprint density at radius 1 is 0.912 bits per heavy atom. The number of aryl methyl sites for hydroxylation is 1. The molecule has 1 fully saturated rings. The highest BCUT2D eigenvalue weighted by Crippen LogP contribution is 2.39. The highest BCUT2D eigenvalue weighted by atomic mass is 19.1. The van der Waals surface area contributed by atoms with E-state index in [-0.39, 0.29) is 5.82 Å². The number of hydrogen-bond acceptors (Lipinski definition) is 4. The molecule has 3 aromatic carbocycles. The molecule has 1 aliphatic heterocycles. The second-order valence-corrected chi connectivity index (χ2v) is 8.78. The predicted octanol–water partition coefficient (Wildman–Crippen LogP) is 5.11. The lowest BCUT2D eigenvalue weighted by Crippen LogP contribution is -2.37. The van der Waals surface area contributed by atoms with E-state index in [2.05, 4.69) is 44.0 Å². The molecular formula is C27H26FN5O. The molecule has 0 radical (unpaired) electrons. The molecule has 34 heavy (non-hydrogen) atoms. The molecule has 0 aliphatic carbocycles. The zero-order chi connectivity index (χ0) is 22.9. The summed E-state index contributed by atoms with van der Waals surface area (Å²) in [5, 5.41) is 14.0. The van der Waals surface area contributed by atoms with Crippen LogP contribution in [0.15, 0.2) is 67.0 Å². The molecule has 1 saturated heterocycles. The zero-order valence-corrected chi connectivity index (χ0v) is 18.9. The summed E-state index contributed by atoms with van der Waals surface area (Å²) < 4.78 is 21.3. The highest BCUT2D eigenvalue weighted by molar-refractivity contribution is 6.03. The van der Waals surface area contributed by atoms with Crippen molar-refractivity contribution in [2.24, 2.45) is 0 Å². The third-order valence-electron chi connectivity index (χ3n) is 6.66. The lowest BCUT2D eigenvalue weighted by molar-refractivity contribution is 0.0368. The summed E-state index contributed by atoms with van der Waals surface area (Å²) in [7, 11) is 0. The molecule has 6 rings (SSSR count). The van der Waals surface area contributed by atoms with Gasteiger partial charge in [0.25, 0.3) is 0 Å². The Hall–Kier alpha value is -3.55. The summed E-state index contributed by atoms with van der Waals surface area (Å²) in [6, 6.07) is 17.3. The van der Waals surface area contributed by atoms with E-state index >= 15 is 0 Å². The molecule has 6 nitrogen and oxygen atoms in total. The SMILES string of the molecule is Fc1ccc(-c2c(-c3ccc4[nH]ncc4c3)ccc3c2cnn3CCCN2CCOCC2)cc1. The predicted molar refractivity (Wildman–Crippen MR) is 132 cm³/mol. The van der Waals surface area contributed by atoms with Crippen LogP contribution in [0.4, 0.5) is 4.39 Å². The molecule has 0 amide bonds. The van der Waals surface area contributed by atoms with Crippen molar-refractivity contribution in [3.05, 3.63) is 72.8 Å². The van der Waals surface area contributed by atoms with Crippen LogP contribution < -0.4 is 0 Å². The van der Waals surface area contributed by atoms with Crippen molar-refractivity contribution < 1.29 is 9.13 Å². The maximum absolute atomic E-state index is 13.7. The van der Waals surface area contributed by atoms with Crippen molar-refractivity contribution in [1.82, 2.24) is 24.9 Å². The number of fused-ring (bicyclic) bond motifs is 2. The number of rotatable bonds is 6. The van der Waals surface area contributed by atoms with Crippen LogP contribution in [-0.2, 0) is 11.3 Å². The summed E-state index contributed by atoms with van der Waals surface area (Å²) in [6.45, 7) is 5.53. The summed E-state index contributed by atoms with van der Waals surface area (Å²) in [6.07, 6.45) is 4.81. The third-order valence-corrected chi connectivity index (χ3v) is 6.66. The molecule has 0 saturated carbocycles. The average Bonchev–Trinajstić information content (AvgIpc) is 3.51. The number of nitrogens with one attached hydrogen (secondary N) is 1. The Kier molecular flexibility index (Phi) is 5.57. The van der Waals surface area contributed by atoms with E-state index in [4.69, 9.17) is 9.84 Å². The molecule has 2 aromatic heterocycles. The monoisotopic (exact) mass is 455 g/mol. The van der Waals surface area contributed by atoms with Gasteiger partial charge in [-0.15, -0.1) is 0 Å². The third kappa shape index (κ3) is 3.97. The van der Waals surface area contributed by atoms with Crippen molar-refractivity contribution in [3.63, 3.8) is 0 Å². The number of aromatic amines is 1. The van der Waals surface area contributed by atoms with Gasteiger partial charge in [0.1, 0.15) is 5.82 Å². The van der Waals surface area contributed by atoms with Gasteiger partial charge < -0.3 is 4.74 Å². The van der Waals surface area contributed by atoms with Gasteiger partial charge >= 0.3 is 0 Å². The van der Waals surface area contributed by atoms with E-state index in [1.165, 1.54) is 12.1 Å². The molecule has 172 valence electrons. The van der Waals surface area contributed by atoms with E-state index in [1.54, 1.807) is 0 Å². The van der Waals surface area contributed by atoms with Crippen LogP contribution in [0.25, 0.3) is 44.1 Å². The smallest absolute Gasteiger partial charge is 0.123 e. The summed E-state index contributed by atoms with van der Waals surface area (Å²) in [5.74, 6) is -0.240. The molecule has 7 heteroatoms. The van der Waals surface area contributed by atoms with Gasteiger partial charge in [-0.25, -0.2) is 4.39 Å². The molecule has 3 heterocycles. The maximum Gasteiger partial charge on any atom is 0.123 e. The van der Waals surface area contributed by atoms with Crippen LogP contribution in [0.1, 0.15) is 6.42 Å². The molecule has 0 bridgehead atoms. The summed E-state index contributed by atoms with van der Waals surface area (Å²) in [4.78, 5) is 2.45. The lowest BCUT2D eigenvalue weighted by atomic mass is 9.91. The first-order valence-corrected chi connectivity index (χ1v) is 11.7. The van der Waals surface area contributed by atoms with Crippen LogP contribution in [0.2, 0.25) is 0 Å². The van der Waals surface area contributed by atoms with Crippen molar-refractivity contribution in [1.29, 1.82) is 0 Å². The van der Waals surface area contributed by atoms with Gasteiger partial charge in [0.05, 0.1) is 36.6 Å². The van der Waals surface area contributed by atoms with E-state index in [1.807, 2.05) is 30.6 Å². The van der Waals surface area contributed by atoms with Crippen LogP contribution in [0.3, 0.4) is 0 Å². The van der Waals surface area contributed by atoms with Crippen molar-refractivity contribution in [2.75, 3.05) is 32.8 Å². The van der Waals surface area contributed by atoms with Gasteiger partial charge in [-0.1, -0.05) is 24.3 Å². The topological polar surface area (TPSA) is 59.0 Å². The van der Waals surface area contributed by atoms with Crippen molar-refractivity contribution in [3.8, 4) is 22.3 Å². The fourth-order valence-corrected chi connectivity index (χ4v) is 4.88. The Labute approximate surface area is 197 Å². The first-order valence-electron chi connectivity index (χ1n) is 11.7. The number of aromatic nitrogens is 4. The second-order valence-electron chi connectivity index (χ2n) is 8.78. The molecule has 0 unspecified atom stereocenters. The van der Waals surface area contributed by atoms with Gasteiger partial charge in [0, 0.05) is 42.5 Å². The maximum atomic E-state index is 13.7. The number of H-pyrrole nitrogens is 1. The van der Waals surface area contributed by atoms with Gasteiger partial charge in [0.2, 0.25) is 0 Å². The molecule has 5 aromatic rings. The van der Waals surface area contributed by atoms with Crippen LogP contribution >= 0.6 is 0 Å². The van der Waals surface area contributed by atoms with E-state index in [9.17, 15) is 4.39 Å². The average molecular weight is 456 g/mol. The summed E-state index contributed by atoms with van der Waals surface area (Å²) >= 11 is 0. The first kappa shape index (κ1) is 21.0. The number of hydrogen-bond donors (Lipinski definition) is 1. The fourth-order valence-electron chi connectivity index (χ4n) is 4.88. The van der Waals surface area contributed by atoms with E-state index in [0.29, 0.717) is 0 Å². The molecule has 1 N–H and O–H groups in total. The highest BCUT2D eigenvalue weighted by Gasteiger charge is 2.16. The fraction of sp³-hybridized carbons (Fsp3) is 0.259. The van der Waals surface area contributed by atoms with Crippen molar-refractivity contribution in [2.45, 2.75) is 13.0 Å². The summed E-state index contributed by atoms with van der Waals surface area (Å²) in [5.41, 5.74) is 6.32. The van der Waals surface area contributed by atoms with E-state index < -0.39 is 0 Å².